The molecular weight excluding hydrogens is 344 g/mol. The molecule has 1 heterocycles. The molecule has 2 rings (SSSR count). The van der Waals surface area contributed by atoms with Gasteiger partial charge in [0.15, 0.2) is 0 Å². The summed E-state index contributed by atoms with van der Waals surface area (Å²) < 4.78 is 37.8. The van der Waals surface area contributed by atoms with Gasteiger partial charge in [-0.1, -0.05) is 12.1 Å². The lowest BCUT2D eigenvalue weighted by atomic mass is 10.2. The maximum atomic E-state index is 12.3. The van der Waals surface area contributed by atoms with Gasteiger partial charge in [0.2, 0.25) is 15.9 Å². The Labute approximate surface area is 149 Å². The summed E-state index contributed by atoms with van der Waals surface area (Å²) in [7, 11) is -3.55. The first-order chi connectivity index (χ1) is 11.9. The lowest BCUT2D eigenvalue weighted by molar-refractivity contribution is -0.131. The number of nitrogens with one attached hydrogen (secondary N) is 2. The molecule has 0 spiro atoms. The van der Waals surface area contributed by atoms with Gasteiger partial charge in [-0.3, -0.25) is 4.79 Å². The first kappa shape index (κ1) is 19.8. The van der Waals surface area contributed by atoms with Gasteiger partial charge in [-0.25, -0.2) is 13.1 Å². The Morgan fingerprint density at radius 3 is 2.68 bits per heavy atom. The summed E-state index contributed by atoms with van der Waals surface area (Å²) >= 11 is 0. The van der Waals surface area contributed by atoms with Crippen LogP contribution in [0.2, 0.25) is 0 Å². The van der Waals surface area contributed by atoms with Crippen LogP contribution < -0.4 is 10.0 Å². The Morgan fingerprint density at radius 2 is 2.08 bits per heavy atom. The van der Waals surface area contributed by atoms with Crippen molar-refractivity contribution in [3.8, 4) is 0 Å². The van der Waals surface area contributed by atoms with E-state index in [-0.39, 0.29) is 23.5 Å². The van der Waals surface area contributed by atoms with Crippen LogP contribution in [0.5, 0.6) is 0 Å². The molecule has 2 N–H and O–H groups in total. The number of hydrogen-bond donors (Lipinski definition) is 2. The molecule has 25 heavy (non-hydrogen) atoms. The normalized spacial score (nSPS) is 18.9. The maximum absolute atomic E-state index is 12.3. The summed E-state index contributed by atoms with van der Waals surface area (Å²) in [6, 6.07) is 6.44. The molecule has 140 valence electrons. The van der Waals surface area contributed by atoms with E-state index in [1.807, 2.05) is 6.92 Å². The molecule has 1 amide bonds. The smallest absolute Gasteiger partial charge is 0.249 e. The Hall–Kier alpha value is -1.48. The van der Waals surface area contributed by atoms with E-state index >= 15 is 0 Å². The van der Waals surface area contributed by atoms with Crippen LogP contribution in [0, 0.1) is 0 Å². The van der Waals surface area contributed by atoms with E-state index in [0.717, 1.165) is 18.4 Å². The van der Waals surface area contributed by atoms with Crippen molar-refractivity contribution in [1.82, 2.24) is 10.0 Å². The molecule has 1 aliphatic rings. The summed E-state index contributed by atoms with van der Waals surface area (Å²) in [6.45, 7) is 5.29. The fourth-order valence-electron chi connectivity index (χ4n) is 2.54. The Kier molecular flexibility index (Phi) is 7.37. The van der Waals surface area contributed by atoms with E-state index in [1.54, 1.807) is 19.1 Å². The van der Waals surface area contributed by atoms with Gasteiger partial charge >= 0.3 is 0 Å². The van der Waals surface area contributed by atoms with Crippen molar-refractivity contribution in [2.75, 3.05) is 19.8 Å². The van der Waals surface area contributed by atoms with Crippen LogP contribution in [0.4, 0.5) is 0 Å². The summed E-state index contributed by atoms with van der Waals surface area (Å²) in [6.07, 6.45) is 1.29. The lowest BCUT2D eigenvalue weighted by Crippen LogP contribution is -2.34. The van der Waals surface area contributed by atoms with Crippen LogP contribution in [-0.2, 0) is 30.8 Å². The van der Waals surface area contributed by atoms with Crippen LogP contribution >= 0.6 is 0 Å². The largest absolute Gasteiger partial charge is 0.377 e. The van der Waals surface area contributed by atoms with Gasteiger partial charge in [0.25, 0.3) is 0 Å². The van der Waals surface area contributed by atoms with Crippen molar-refractivity contribution >= 4 is 15.9 Å². The zero-order valence-electron chi connectivity index (χ0n) is 14.7. The standard InChI is InChI=1S/C17H26N2O5S/c1-3-23-13(2)17(20)18-11-14-6-8-16(9-7-14)25(21,22)19-12-15-5-4-10-24-15/h6-9,13,15,19H,3-5,10-12H2,1-2H3,(H,18,20)/t13-,15+/m1/s1. The van der Waals surface area contributed by atoms with Crippen LogP contribution in [0.1, 0.15) is 32.3 Å². The van der Waals surface area contributed by atoms with Gasteiger partial charge in [-0.05, 0) is 44.4 Å². The zero-order chi connectivity index (χ0) is 18.3. The second kappa shape index (κ2) is 9.28. The number of rotatable bonds is 9. The molecular formula is C17H26N2O5S. The van der Waals surface area contributed by atoms with E-state index in [2.05, 4.69) is 10.0 Å². The highest BCUT2D eigenvalue weighted by Gasteiger charge is 2.20. The molecule has 2 atom stereocenters. The third-order valence-electron chi connectivity index (χ3n) is 4.01. The maximum Gasteiger partial charge on any atom is 0.249 e. The quantitative estimate of drug-likeness (QED) is 0.681. The third kappa shape index (κ3) is 6.07. The summed E-state index contributed by atoms with van der Waals surface area (Å²) in [5.41, 5.74) is 0.815. The third-order valence-corrected chi connectivity index (χ3v) is 5.45. The number of amides is 1. The van der Waals surface area contributed by atoms with E-state index < -0.39 is 16.1 Å². The average Bonchev–Trinajstić information content (AvgIpc) is 3.12. The zero-order valence-corrected chi connectivity index (χ0v) is 15.5. The highest BCUT2D eigenvalue weighted by atomic mass is 32.2. The summed E-state index contributed by atoms with van der Waals surface area (Å²) in [4.78, 5) is 12.0. The summed E-state index contributed by atoms with van der Waals surface area (Å²) in [5, 5.41) is 2.76. The number of sulfonamides is 1. The molecule has 1 aromatic rings. The topological polar surface area (TPSA) is 93.7 Å². The average molecular weight is 370 g/mol. The minimum absolute atomic E-state index is 0.0448. The molecule has 1 aliphatic heterocycles. The van der Waals surface area contributed by atoms with E-state index in [9.17, 15) is 13.2 Å². The minimum Gasteiger partial charge on any atom is -0.377 e. The van der Waals surface area contributed by atoms with E-state index in [0.29, 0.717) is 19.8 Å². The first-order valence-corrected chi connectivity index (χ1v) is 10.00. The fraction of sp³-hybridized carbons (Fsp3) is 0.588. The van der Waals surface area contributed by atoms with E-state index in [4.69, 9.17) is 9.47 Å². The Morgan fingerprint density at radius 1 is 1.36 bits per heavy atom. The van der Waals surface area contributed by atoms with Crippen molar-refractivity contribution in [2.45, 2.75) is 50.3 Å². The predicted octanol–water partition coefficient (Wildman–Crippen LogP) is 1.19. The van der Waals surface area contributed by atoms with E-state index in [1.165, 1.54) is 12.1 Å². The molecule has 0 bridgehead atoms. The van der Waals surface area contributed by atoms with Crippen LogP contribution in [-0.4, -0.2) is 46.3 Å². The van der Waals surface area contributed by atoms with Crippen LogP contribution in [0.25, 0.3) is 0 Å². The van der Waals surface area contributed by atoms with Crippen molar-refractivity contribution in [3.63, 3.8) is 0 Å². The molecule has 0 saturated carbocycles. The van der Waals surface area contributed by atoms with Crippen molar-refractivity contribution in [1.29, 1.82) is 0 Å². The highest BCUT2D eigenvalue weighted by Crippen LogP contribution is 2.14. The number of benzene rings is 1. The number of hydrogen-bond acceptors (Lipinski definition) is 5. The minimum atomic E-state index is -3.55. The van der Waals surface area contributed by atoms with Crippen molar-refractivity contribution in [2.24, 2.45) is 0 Å². The molecule has 7 nitrogen and oxygen atoms in total. The first-order valence-electron chi connectivity index (χ1n) is 8.52. The van der Waals surface area contributed by atoms with Crippen molar-refractivity contribution < 1.29 is 22.7 Å². The predicted molar refractivity (Wildman–Crippen MR) is 93.5 cm³/mol. The van der Waals surface area contributed by atoms with Gasteiger partial charge in [0.1, 0.15) is 6.10 Å². The Bertz CT molecular complexity index is 654. The monoisotopic (exact) mass is 370 g/mol. The van der Waals surface area contributed by atoms with Gasteiger partial charge < -0.3 is 14.8 Å². The molecule has 0 aromatic heterocycles. The van der Waals surface area contributed by atoms with Gasteiger partial charge in [-0.2, -0.15) is 0 Å². The van der Waals surface area contributed by atoms with Crippen LogP contribution in [0.15, 0.2) is 29.2 Å². The molecule has 0 radical (unpaired) electrons. The lowest BCUT2D eigenvalue weighted by Gasteiger charge is -2.13. The molecule has 0 unspecified atom stereocenters. The van der Waals surface area contributed by atoms with Crippen LogP contribution in [0.3, 0.4) is 0 Å². The number of ether oxygens (including phenoxy) is 2. The van der Waals surface area contributed by atoms with Gasteiger partial charge in [0, 0.05) is 26.3 Å². The fourth-order valence-corrected chi connectivity index (χ4v) is 3.60. The van der Waals surface area contributed by atoms with Crippen molar-refractivity contribution in [3.05, 3.63) is 29.8 Å². The SMILES string of the molecule is CCO[C@H](C)C(=O)NCc1ccc(S(=O)(=O)NC[C@@H]2CCCO2)cc1. The second-order valence-electron chi connectivity index (χ2n) is 5.95. The molecule has 1 saturated heterocycles. The molecule has 1 aromatic carbocycles. The highest BCUT2D eigenvalue weighted by molar-refractivity contribution is 7.89. The molecule has 1 fully saturated rings. The van der Waals surface area contributed by atoms with Gasteiger partial charge in [-0.15, -0.1) is 0 Å². The second-order valence-corrected chi connectivity index (χ2v) is 7.71. The number of carbonyl (C=O) groups is 1. The molecule has 0 aliphatic carbocycles. The number of carbonyl (C=O) groups excluding carboxylic acids is 1. The summed E-state index contributed by atoms with van der Waals surface area (Å²) in [5.74, 6) is -0.197. The molecule has 8 heteroatoms. The van der Waals surface area contributed by atoms with Gasteiger partial charge in [0.05, 0.1) is 11.0 Å². The Balaban J connectivity index is 1.86.